The fourth-order valence-corrected chi connectivity index (χ4v) is 4.64. The van der Waals surface area contributed by atoms with Crippen LogP contribution in [0.25, 0.3) is 10.9 Å². The summed E-state index contributed by atoms with van der Waals surface area (Å²) in [4.78, 5) is 37.2. The van der Waals surface area contributed by atoms with Gasteiger partial charge in [-0.3, -0.25) is 19.6 Å². The number of nitrogens with zero attached hydrogens (tertiary/aromatic N) is 3. The number of fused-ring (bicyclic) bond motifs is 1. The number of carbonyl (C=O) groups is 2. The van der Waals surface area contributed by atoms with Gasteiger partial charge in [0.2, 0.25) is 11.8 Å². The molecule has 3 aromatic carbocycles. The fraction of sp³-hybridized carbons (Fsp3) is 0.200. The molecule has 0 aliphatic heterocycles. The zero-order valence-corrected chi connectivity index (χ0v) is 21.1. The van der Waals surface area contributed by atoms with E-state index in [0.717, 1.165) is 27.6 Å². The maximum atomic E-state index is 14.4. The molecule has 0 fully saturated rings. The molecule has 1 heterocycles. The summed E-state index contributed by atoms with van der Waals surface area (Å²) in [6.07, 6.45) is 2.55. The van der Waals surface area contributed by atoms with Gasteiger partial charge in [-0.05, 0) is 47.7 Å². The van der Waals surface area contributed by atoms with E-state index >= 15 is 0 Å². The average Bonchev–Trinajstić information content (AvgIpc) is 2.93. The number of aliphatic imine (C=N–C) groups is 1. The van der Waals surface area contributed by atoms with E-state index < -0.39 is 17.9 Å². The van der Waals surface area contributed by atoms with Crippen LogP contribution in [-0.4, -0.2) is 40.2 Å². The molecule has 8 nitrogen and oxygen atoms in total. The van der Waals surface area contributed by atoms with Crippen molar-refractivity contribution in [1.29, 1.82) is 0 Å². The Morgan fingerprint density at radius 3 is 2.11 bits per heavy atom. The van der Waals surface area contributed by atoms with Gasteiger partial charge in [0.15, 0.2) is 5.96 Å². The van der Waals surface area contributed by atoms with Gasteiger partial charge in [-0.1, -0.05) is 72.8 Å². The summed E-state index contributed by atoms with van der Waals surface area (Å²) in [6, 6.07) is 27.9. The molecule has 0 radical (unpaired) electrons. The molecule has 38 heavy (non-hydrogen) atoms. The quantitative estimate of drug-likeness (QED) is 0.162. The molecule has 194 valence electrons. The summed E-state index contributed by atoms with van der Waals surface area (Å²) in [5.74, 6) is -1.42. The number of amides is 2. The highest BCUT2D eigenvalue weighted by Crippen LogP contribution is 2.29. The maximum absolute atomic E-state index is 14.4. The van der Waals surface area contributed by atoms with E-state index in [4.69, 9.17) is 17.2 Å². The molecule has 4 aromatic rings. The molecule has 0 aliphatic rings. The molecule has 0 saturated heterocycles. The van der Waals surface area contributed by atoms with Gasteiger partial charge < -0.3 is 22.1 Å². The van der Waals surface area contributed by atoms with E-state index in [2.05, 4.69) is 9.98 Å². The Morgan fingerprint density at radius 2 is 1.50 bits per heavy atom. The lowest BCUT2D eigenvalue weighted by Gasteiger charge is -2.33. The molecule has 0 unspecified atom stereocenters. The first-order valence-corrected chi connectivity index (χ1v) is 12.5. The zero-order chi connectivity index (χ0) is 26.9. The third-order valence-electron chi connectivity index (χ3n) is 6.45. The van der Waals surface area contributed by atoms with E-state index in [-0.39, 0.29) is 18.4 Å². The van der Waals surface area contributed by atoms with Crippen LogP contribution in [0.5, 0.6) is 0 Å². The van der Waals surface area contributed by atoms with Gasteiger partial charge in [-0.2, -0.15) is 0 Å². The third-order valence-corrected chi connectivity index (χ3v) is 6.45. The van der Waals surface area contributed by atoms with Gasteiger partial charge in [-0.15, -0.1) is 0 Å². The molecule has 8 heteroatoms. The summed E-state index contributed by atoms with van der Waals surface area (Å²) in [7, 11) is 0. The van der Waals surface area contributed by atoms with Crippen molar-refractivity contribution in [3.05, 3.63) is 114 Å². The Labute approximate surface area is 222 Å². The Hall–Kier alpha value is -4.72. The Balaban J connectivity index is 1.75. The van der Waals surface area contributed by atoms with Crippen LogP contribution >= 0.6 is 0 Å². The van der Waals surface area contributed by atoms with Crippen LogP contribution in [0.4, 0.5) is 0 Å². The Bertz CT molecular complexity index is 1360. The number of pyridine rings is 1. The average molecular weight is 509 g/mol. The predicted molar refractivity (Wildman–Crippen MR) is 150 cm³/mol. The maximum Gasteiger partial charge on any atom is 0.240 e. The number of nitrogens with two attached hydrogens (primary N) is 3. The van der Waals surface area contributed by atoms with Gasteiger partial charge in [0, 0.05) is 24.7 Å². The van der Waals surface area contributed by atoms with Crippen molar-refractivity contribution in [1.82, 2.24) is 9.88 Å². The molecule has 1 atom stereocenters. The minimum atomic E-state index is -0.851. The van der Waals surface area contributed by atoms with E-state index in [0.29, 0.717) is 19.4 Å². The molecule has 0 bridgehead atoms. The summed E-state index contributed by atoms with van der Waals surface area (Å²) in [5.41, 5.74) is 20.2. The smallest absolute Gasteiger partial charge is 0.240 e. The first-order chi connectivity index (χ1) is 18.4. The SMILES string of the molecule is NC(=O)[C@@H](CCCN=C(N)N)N(Cc1ccc2ncccc2c1)C(=O)C(c1ccccc1)c1ccccc1. The van der Waals surface area contributed by atoms with E-state index in [1.807, 2.05) is 91.0 Å². The van der Waals surface area contributed by atoms with Gasteiger partial charge >= 0.3 is 0 Å². The highest BCUT2D eigenvalue weighted by atomic mass is 16.2. The highest BCUT2D eigenvalue weighted by molar-refractivity contribution is 5.92. The fourth-order valence-electron chi connectivity index (χ4n) is 4.64. The van der Waals surface area contributed by atoms with Crippen LogP contribution in [0, 0.1) is 0 Å². The van der Waals surface area contributed by atoms with Gasteiger partial charge in [0.05, 0.1) is 11.4 Å². The van der Waals surface area contributed by atoms with Crippen molar-refractivity contribution in [3.8, 4) is 0 Å². The highest BCUT2D eigenvalue weighted by Gasteiger charge is 2.34. The first-order valence-electron chi connectivity index (χ1n) is 12.5. The van der Waals surface area contributed by atoms with Crippen LogP contribution in [0.3, 0.4) is 0 Å². The summed E-state index contributed by atoms with van der Waals surface area (Å²) >= 11 is 0. The molecule has 0 saturated carbocycles. The molecule has 6 N–H and O–H groups in total. The van der Waals surface area contributed by atoms with E-state index in [1.54, 1.807) is 11.1 Å². The van der Waals surface area contributed by atoms with Crippen molar-refractivity contribution in [2.75, 3.05) is 6.54 Å². The summed E-state index contributed by atoms with van der Waals surface area (Å²) < 4.78 is 0. The summed E-state index contributed by atoms with van der Waals surface area (Å²) in [5, 5.41) is 0.948. The largest absolute Gasteiger partial charge is 0.370 e. The molecular formula is C30H32N6O2. The van der Waals surface area contributed by atoms with Crippen molar-refractivity contribution in [2.24, 2.45) is 22.2 Å². The molecule has 0 spiro atoms. The van der Waals surface area contributed by atoms with Crippen molar-refractivity contribution in [3.63, 3.8) is 0 Å². The molecule has 1 aromatic heterocycles. The predicted octanol–water partition coefficient (Wildman–Crippen LogP) is 3.30. The standard InChI is InChI=1S/C30H32N6O2/c31-28(37)26(14-8-18-35-30(32)33)36(20-21-15-16-25-24(19-21)13-7-17-34-25)29(38)27(22-9-3-1-4-10-22)23-11-5-2-6-12-23/h1-7,9-13,15-17,19,26-27H,8,14,18,20H2,(H2,31,37)(H4,32,33,35)/t26-/m1/s1. The van der Waals surface area contributed by atoms with Crippen LogP contribution in [-0.2, 0) is 16.1 Å². The van der Waals surface area contributed by atoms with Crippen LogP contribution < -0.4 is 17.2 Å². The molecule has 4 rings (SSSR count). The normalized spacial score (nSPS) is 11.7. The van der Waals surface area contributed by atoms with Gasteiger partial charge in [0.1, 0.15) is 6.04 Å². The number of rotatable bonds is 11. The summed E-state index contributed by atoms with van der Waals surface area (Å²) in [6.45, 7) is 0.534. The number of hydrogen-bond acceptors (Lipinski definition) is 4. The molecular weight excluding hydrogens is 476 g/mol. The number of hydrogen-bond donors (Lipinski definition) is 3. The Morgan fingerprint density at radius 1 is 0.842 bits per heavy atom. The minimum Gasteiger partial charge on any atom is -0.370 e. The van der Waals surface area contributed by atoms with Crippen molar-refractivity contribution in [2.45, 2.75) is 31.3 Å². The van der Waals surface area contributed by atoms with Crippen LogP contribution in [0.15, 0.2) is 102 Å². The van der Waals surface area contributed by atoms with Crippen LogP contribution in [0.1, 0.15) is 35.4 Å². The lowest BCUT2D eigenvalue weighted by Crippen LogP contribution is -2.49. The first kappa shape index (κ1) is 26.3. The molecule has 2 amide bonds. The van der Waals surface area contributed by atoms with Crippen LogP contribution in [0.2, 0.25) is 0 Å². The van der Waals surface area contributed by atoms with E-state index in [1.165, 1.54) is 0 Å². The number of guanidine groups is 1. The number of carbonyl (C=O) groups excluding carboxylic acids is 2. The monoisotopic (exact) mass is 508 g/mol. The van der Waals surface area contributed by atoms with Crippen molar-refractivity contribution < 1.29 is 9.59 Å². The lowest BCUT2D eigenvalue weighted by atomic mass is 9.89. The van der Waals surface area contributed by atoms with E-state index in [9.17, 15) is 9.59 Å². The second-order valence-corrected chi connectivity index (χ2v) is 9.12. The minimum absolute atomic E-state index is 0.0217. The topological polar surface area (TPSA) is 141 Å². The molecule has 0 aliphatic carbocycles. The second kappa shape index (κ2) is 12.5. The van der Waals surface area contributed by atoms with Crippen molar-refractivity contribution >= 4 is 28.7 Å². The second-order valence-electron chi connectivity index (χ2n) is 9.12. The van der Waals surface area contributed by atoms with Gasteiger partial charge in [0.25, 0.3) is 0 Å². The zero-order valence-electron chi connectivity index (χ0n) is 21.1. The lowest BCUT2D eigenvalue weighted by molar-refractivity contribution is -0.140. The van der Waals surface area contributed by atoms with Gasteiger partial charge in [-0.25, -0.2) is 0 Å². The number of primary amides is 1. The Kier molecular flexibility index (Phi) is 8.66. The number of benzene rings is 3. The number of aromatic nitrogens is 1. The third kappa shape index (κ3) is 6.53.